The first-order chi connectivity index (χ1) is 12.2. The molecule has 25 heavy (non-hydrogen) atoms. The van der Waals surface area contributed by atoms with Crippen LogP contribution in [0.1, 0.15) is 24.1 Å². The monoisotopic (exact) mass is 355 g/mol. The van der Waals surface area contributed by atoms with E-state index in [2.05, 4.69) is 38.5 Å². The summed E-state index contributed by atoms with van der Waals surface area (Å²) in [5, 5.41) is 8.86. The van der Waals surface area contributed by atoms with Gasteiger partial charge in [0.15, 0.2) is 5.82 Å². The average molecular weight is 356 g/mol. The highest BCUT2D eigenvalue weighted by atomic mass is 35.5. The molecule has 0 atom stereocenters. The minimum Gasteiger partial charge on any atom is -0.365 e. The lowest BCUT2D eigenvalue weighted by atomic mass is 10.0. The van der Waals surface area contributed by atoms with Crippen molar-refractivity contribution in [2.24, 2.45) is 0 Å². The summed E-state index contributed by atoms with van der Waals surface area (Å²) in [7, 11) is 0. The Hall–Kier alpha value is -2.11. The Balaban J connectivity index is 1.36. The molecule has 6 heteroatoms. The van der Waals surface area contributed by atoms with Gasteiger partial charge in [-0.15, -0.1) is 0 Å². The minimum atomic E-state index is 0.454. The highest BCUT2D eigenvalue weighted by molar-refractivity contribution is 6.30. The Morgan fingerprint density at radius 1 is 1.20 bits per heavy atom. The molecule has 1 saturated heterocycles. The van der Waals surface area contributed by atoms with Gasteiger partial charge in [0.05, 0.1) is 5.69 Å². The Morgan fingerprint density at radius 2 is 1.96 bits per heavy atom. The molecule has 2 aromatic heterocycles. The molecule has 0 saturated carbocycles. The first-order valence-corrected chi connectivity index (χ1v) is 9.09. The van der Waals surface area contributed by atoms with E-state index in [4.69, 9.17) is 11.6 Å². The third kappa shape index (κ3) is 3.78. The molecule has 130 valence electrons. The second-order valence-electron chi connectivity index (χ2n) is 6.71. The van der Waals surface area contributed by atoms with Crippen molar-refractivity contribution in [1.29, 1.82) is 0 Å². The van der Waals surface area contributed by atoms with Crippen molar-refractivity contribution in [2.75, 3.05) is 18.4 Å². The summed E-state index contributed by atoms with van der Waals surface area (Å²) in [4.78, 5) is 7.01. The van der Waals surface area contributed by atoms with Crippen LogP contribution < -0.4 is 5.32 Å². The normalized spacial score (nSPS) is 16.4. The average Bonchev–Trinajstić information content (AvgIpc) is 3.00. The van der Waals surface area contributed by atoms with E-state index in [-0.39, 0.29) is 0 Å². The van der Waals surface area contributed by atoms with Crippen LogP contribution in [-0.2, 0) is 6.54 Å². The van der Waals surface area contributed by atoms with Crippen molar-refractivity contribution >= 4 is 22.9 Å². The van der Waals surface area contributed by atoms with Crippen LogP contribution in [0, 0.1) is 6.92 Å². The summed E-state index contributed by atoms with van der Waals surface area (Å²) in [6.45, 7) is 5.16. The molecule has 0 spiro atoms. The van der Waals surface area contributed by atoms with E-state index in [9.17, 15) is 0 Å². The molecule has 1 fully saturated rings. The van der Waals surface area contributed by atoms with Crippen molar-refractivity contribution in [3.63, 3.8) is 0 Å². The molecule has 0 amide bonds. The number of aryl methyl sites for hydroxylation is 1. The van der Waals surface area contributed by atoms with Crippen LogP contribution in [0.4, 0.5) is 5.82 Å². The molecule has 5 nitrogen and oxygen atoms in total. The van der Waals surface area contributed by atoms with Gasteiger partial charge in [0, 0.05) is 43.1 Å². The van der Waals surface area contributed by atoms with Gasteiger partial charge in [-0.2, -0.15) is 5.10 Å². The second-order valence-corrected chi connectivity index (χ2v) is 7.15. The van der Waals surface area contributed by atoms with Gasteiger partial charge >= 0.3 is 0 Å². The first kappa shape index (κ1) is 16.4. The van der Waals surface area contributed by atoms with E-state index >= 15 is 0 Å². The second kappa shape index (κ2) is 7.02. The fourth-order valence-electron chi connectivity index (χ4n) is 3.43. The fraction of sp³-hybridized carbons (Fsp3) is 0.368. The van der Waals surface area contributed by atoms with E-state index in [0.717, 1.165) is 54.5 Å². The van der Waals surface area contributed by atoms with Crippen LogP contribution in [-0.4, -0.2) is 38.6 Å². The van der Waals surface area contributed by atoms with Gasteiger partial charge in [-0.05, 0) is 43.5 Å². The summed E-state index contributed by atoms with van der Waals surface area (Å²) in [5.41, 5.74) is 3.37. The van der Waals surface area contributed by atoms with E-state index in [1.54, 1.807) is 6.20 Å². The number of fused-ring (bicyclic) bond motifs is 1. The summed E-state index contributed by atoms with van der Waals surface area (Å²) < 4.78 is 1.89. The molecular formula is C19H22ClN5. The number of rotatable bonds is 4. The zero-order valence-corrected chi connectivity index (χ0v) is 15.1. The van der Waals surface area contributed by atoms with Crippen LogP contribution in [0.25, 0.3) is 5.52 Å². The highest BCUT2D eigenvalue weighted by Gasteiger charge is 2.20. The van der Waals surface area contributed by atoms with E-state index in [0.29, 0.717) is 6.04 Å². The number of anilines is 1. The van der Waals surface area contributed by atoms with Gasteiger partial charge in [-0.25, -0.2) is 9.50 Å². The molecule has 0 unspecified atom stereocenters. The zero-order chi connectivity index (χ0) is 17.2. The van der Waals surface area contributed by atoms with Crippen LogP contribution in [0.15, 0.2) is 42.7 Å². The van der Waals surface area contributed by atoms with Crippen LogP contribution in [0.5, 0.6) is 0 Å². The number of piperidine rings is 1. The lowest BCUT2D eigenvalue weighted by Crippen LogP contribution is -2.38. The topological polar surface area (TPSA) is 45.5 Å². The molecule has 0 bridgehead atoms. The molecule has 1 aliphatic rings. The predicted molar refractivity (Wildman–Crippen MR) is 101 cm³/mol. The third-order valence-corrected chi connectivity index (χ3v) is 5.01. The van der Waals surface area contributed by atoms with Crippen LogP contribution in [0.2, 0.25) is 5.02 Å². The van der Waals surface area contributed by atoms with Crippen molar-refractivity contribution in [1.82, 2.24) is 19.5 Å². The molecule has 0 aliphatic carbocycles. The van der Waals surface area contributed by atoms with E-state index < -0.39 is 0 Å². The molecule has 1 aliphatic heterocycles. The third-order valence-electron chi connectivity index (χ3n) is 4.76. The largest absolute Gasteiger partial charge is 0.365 e. The molecule has 3 aromatic rings. The lowest BCUT2D eigenvalue weighted by Gasteiger charge is -2.32. The molecular weight excluding hydrogens is 334 g/mol. The zero-order valence-electron chi connectivity index (χ0n) is 14.3. The van der Waals surface area contributed by atoms with Crippen LogP contribution >= 0.6 is 11.6 Å². The van der Waals surface area contributed by atoms with Crippen LogP contribution in [0.3, 0.4) is 0 Å². The number of nitrogens with one attached hydrogen (secondary N) is 1. The Bertz CT molecular complexity index is 850. The summed E-state index contributed by atoms with van der Waals surface area (Å²) in [6.07, 6.45) is 5.92. The number of aromatic nitrogens is 3. The lowest BCUT2D eigenvalue weighted by molar-refractivity contribution is 0.211. The van der Waals surface area contributed by atoms with Crippen molar-refractivity contribution in [3.8, 4) is 0 Å². The summed E-state index contributed by atoms with van der Waals surface area (Å²) in [5.74, 6) is 0.930. The maximum atomic E-state index is 5.96. The van der Waals surface area contributed by atoms with Crippen molar-refractivity contribution in [2.45, 2.75) is 32.4 Å². The van der Waals surface area contributed by atoms with Crippen molar-refractivity contribution < 1.29 is 0 Å². The number of nitrogens with zero attached hydrogens (tertiary/aromatic N) is 4. The minimum absolute atomic E-state index is 0.454. The van der Waals surface area contributed by atoms with E-state index in [1.165, 1.54) is 5.56 Å². The van der Waals surface area contributed by atoms with Gasteiger partial charge in [0.25, 0.3) is 0 Å². The predicted octanol–water partition coefficient (Wildman–Crippen LogP) is 3.77. The summed E-state index contributed by atoms with van der Waals surface area (Å²) >= 11 is 5.96. The number of hydrogen-bond donors (Lipinski definition) is 1. The Kier molecular flexibility index (Phi) is 4.59. The quantitative estimate of drug-likeness (QED) is 0.773. The van der Waals surface area contributed by atoms with Gasteiger partial charge in [0.1, 0.15) is 5.52 Å². The molecule has 1 aromatic carbocycles. The fourth-order valence-corrected chi connectivity index (χ4v) is 3.56. The van der Waals surface area contributed by atoms with Gasteiger partial charge < -0.3 is 5.32 Å². The molecule has 3 heterocycles. The standard InChI is InChI=1S/C19H22ClN5/c1-14-12-18-19(21-8-11-25(18)23-14)22-17-6-9-24(10-7-17)13-15-2-4-16(20)5-3-15/h2-5,8,11-12,17H,6-7,9-10,13H2,1H3,(H,21,22). The molecule has 0 radical (unpaired) electrons. The van der Waals surface area contributed by atoms with Crippen molar-refractivity contribution in [3.05, 3.63) is 59.0 Å². The molecule has 1 N–H and O–H groups in total. The van der Waals surface area contributed by atoms with Gasteiger partial charge in [-0.3, -0.25) is 4.90 Å². The Labute approximate surface area is 152 Å². The first-order valence-electron chi connectivity index (χ1n) is 8.72. The smallest absolute Gasteiger partial charge is 0.152 e. The maximum Gasteiger partial charge on any atom is 0.152 e. The van der Waals surface area contributed by atoms with Gasteiger partial charge in [0.2, 0.25) is 0 Å². The maximum absolute atomic E-state index is 5.96. The number of likely N-dealkylation sites (tertiary alicyclic amines) is 1. The Morgan fingerprint density at radius 3 is 2.72 bits per heavy atom. The SMILES string of the molecule is Cc1cc2c(NC3CCN(Cc4ccc(Cl)cc4)CC3)nccn2n1. The molecule has 4 rings (SSSR count). The van der Waals surface area contributed by atoms with E-state index in [1.807, 2.05) is 29.8 Å². The highest BCUT2D eigenvalue weighted by Crippen LogP contribution is 2.21. The van der Waals surface area contributed by atoms with Gasteiger partial charge in [-0.1, -0.05) is 23.7 Å². The number of halogens is 1. The number of benzene rings is 1. The number of hydrogen-bond acceptors (Lipinski definition) is 4. The summed E-state index contributed by atoms with van der Waals surface area (Å²) in [6, 6.07) is 10.7.